The van der Waals surface area contributed by atoms with E-state index < -0.39 is 24.9 Å². The Morgan fingerprint density at radius 1 is 1.24 bits per heavy atom. The average Bonchev–Trinajstić information content (AvgIpc) is 2.44. The van der Waals surface area contributed by atoms with Crippen LogP contribution in [-0.4, -0.2) is 42.4 Å². The molecule has 0 fully saturated rings. The van der Waals surface area contributed by atoms with E-state index >= 15 is 0 Å². The number of aliphatic hydroxyl groups excluding tert-OH is 1. The normalized spacial score (nSPS) is 15.0. The Morgan fingerprint density at radius 3 is 2.24 bits per heavy atom. The number of alkyl halides is 3. The van der Waals surface area contributed by atoms with Gasteiger partial charge >= 0.3 is 6.18 Å². The molecule has 0 saturated heterocycles. The summed E-state index contributed by atoms with van der Waals surface area (Å²) >= 11 is 0. The SMILES string of the molecule is CCCN(CC(F)(F)F)C(C)C(O)c1ccc(OC)cc1. The van der Waals surface area contributed by atoms with Crippen LogP contribution >= 0.6 is 0 Å². The molecule has 1 rings (SSSR count). The summed E-state index contributed by atoms with van der Waals surface area (Å²) in [5, 5.41) is 10.3. The average molecular weight is 305 g/mol. The minimum absolute atomic E-state index is 0.286. The molecule has 0 radical (unpaired) electrons. The van der Waals surface area contributed by atoms with Gasteiger partial charge in [0.05, 0.1) is 19.8 Å². The van der Waals surface area contributed by atoms with Crippen molar-refractivity contribution >= 4 is 0 Å². The van der Waals surface area contributed by atoms with E-state index in [0.29, 0.717) is 17.7 Å². The first-order valence-electron chi connectivity index (χ1n) is 6.91. The van der Waals surface area contributed by atoms with Crippen molar-refractivity contribution in [1.82, 2.24) is 4.90 Å². The van der Waals surface area contributed by atoms with Gasteiger partial charge in [0, 0.05) is 6.04 Å². The molecule has 1 N–H and O–H groups in total. The first kappa shape index (κ1) is 17.8. The first-order chi connectivity index (χ1) is 9.78. The number of ether oxygens (including phenoxy) is 1. The van der Waals surface area contributed by atoms with Crippen molar-refractivity contribution < 1.29 is 23.0 Å². The number of nitrogens with zero attached hydrogens (tertiary/aromatic N) is 1. The fourth-order valence-corrected chi connectivity index (χ4v) is 2.22. The number of hydrogen-bond donors (Lipinski definition) is 1. The van der Waals surface area contributed by atoms with Gasteiger partial charge in [-0.05, 0) is 37.6 Å². The Labute approximate surface area is 123 Å². The topological polar surface area (TPSA) is 32.7 Å². The number of hydrogen-bond acceptors (Lipinski definition) is 3. The van der Waals surface area contributed by atoms with Crippen molar-refractivity contribution in [3.63, 3.8) is 0 Å². The highest BCUT2D eigenvalue weighted by atomic mass is 19.4. The number of benzene rings is 1. The maximum atomic E-state index is 12.6. The second-order valence-electron chi connectivity index (χ2n) is 5.04. The van der Waals surface area contributed by atoms with Crippen molar-refractivity contribution in [3.05, 3.63) is 29.8 Å². The van der Waals surface area contributed by atoms with E-state index in [4.69, 9.17) is 4.74 Å². The fourth-order valence-electron chi connectivity index (χ4n) is 2.22. The molecule has 0 amide bonds. The fraction of sp³-hybridized carbons (Fsp3) is 0.600. The van der Waals surface area contributed by atoms with E-state index in [1.54, 1.807) is 31.2 Å². The van der Waals surface area contributed by atoms with Crippen LogP contribution in [0.25, 0.3) is 0 Å². The molecule has 0 aromatic heterocycles. The molecule has 1 aromatic carbocycles. The zero-order valence-electron chi connectivity index (χ0n) is 12.5. The molecule has 21 heavy (non-hydrogen) atoms. The van der Waals surface area contributed by atoms with Gasteiger partial charge in [0.1, 0.15) is 5.75 Å². The Morgan fingerprint density at radius 2 is 1.81 bits per heavy atom. The molecule has 0 saturated carbocycles. The summed E-state index contributed by atoms with van der Waals surface area (Å²) in [6.07, 6.45) is -4.66. The maximum Gasteiger partial charge on any atom is 0.401 e. The van der Waals surface area contributed by atoms with E-state index in [2.05, 4.69) is 0 Å². The Kier molecular flexibility index (Phi) is 6.48. The van der Waals surface area contributed by atoms with Crippen LogP contribution in [0.3, 0.4) is 0 Å². The second kappa shape index (κ2) is 7.66. The number of aliphatic hydroxyl groups is 1. The number of methoxy groups -OCH3 is 1. The summed E-state index contributed by atoms with van der Waals surface area (Å²) < 4.78 is 42.9. The maximum absolute atomic E-state index is 12.6. The summed E-state index contributed by atoms with van der Waals surface area (Å²) in [7, 11) is 1.53. The molecule has 2 unspecified atom stereocenters. The highest BCUT2D eigenvalue weighted by Gasteiger charge is 2.34. The lowest BCUT2D eigenvalue weighted by Crippen LogP contribution is -2.43. The minimum Gasteiger partial charge on any atom is -0.497 e. The molecule has 6 heteroatoms. The second-order valence-corrected chi connectivity index (χ2v) is 5.04. The molecule has 3 nitrogen and oxygen atoms in total. The van der Waals surface area contributed by atoms with Crippen molar-refractivity contribution in [3.8, 4) is 5.75 Å². The smallest absolute Gasteiger partial charge is 0.401 e. The van der Waals surface area contributed by atoms with Crippen molar-refractivity contribution in [2.75, 3.05) is 20.2 Å². The number of halogens is 3. The van der Waals surface area contributed by atoms with E-state index in [1.165, 1.54) is 12.0 Å². The van der Waals surface area contributed by atoms with Crippen LogP contribution in [0.1, 0.15) is 31.9 Å². The summed E-state index contributed by atoms with van der Waals surface area (Å²) in [5.41, 5.74) is 0.576. The minimum atomic E-state index is -4.27. The molecule has 2 atom stereocenters. The van der Waals surface area contributed by atoms with Gasteiger partial charge in [-0.25, -0.2) is 0 Å². The van der Waals surface area contributed by atoms with Gasteiger partial charge in [0.2, 0.25) is 0 Å². The highest BCUT2D eigenvalue weighted by molar-refractivity contribution is 5.29. The zero-order chi connectivity index (χ0) is 16.0. The summed E-state index contributed by atoms with van der Waals surface area (Å²) in [5.74, 6) is 0.638. The lowest BCUT2D eigenvalue weighted by atomic mass is 10.0. The predicted octanol–water partition coefficient (Wildman–Crippen LogP) is 3.39. The summed E-state index contributed by atoms with van der Waals surface area (Å²) in [6, 6.07) is 6.06. The molecular weight excluding hydrogens is 283 g/mol. The van der Waals surface area contributed by atoms with Crippen LogP contribution in [0.5, 0.6) is 5.75 Å². The quantitative estimate of drug-likeness (QED) is 0.838. The molecule has 0 spiro atoms. The van der Waals surface area contributed by atoms with E-state index in [1.807, 2.05) is 6.92 Å². The van der Waals surface area contributed by atoms with E-state index in [0.717, 1.165) is 0 Å². The zero-order valence-corrected chi connectivity index (χ0v) is 12.5. The van der Waals surface area contributed by atoms with Gasteiger partial charge in [0.15, 0.2) is 0 Å². The molecule has 0 aliphatic carbocycles. The lowest BCUT2D eigenvalue weighted by Gasteiger charge is -2.32. The van der Waals surface area contributed by atoms with Gasteiger partial charge in [-0.1, -0.05) is 19.1 Å². The highest BCUT2D eigenvalue weighted by Crippen LogP contribution is 2.26. The molecular formula is C15H22F3NO2. The molecule has 120 valence electrons. The monoisotopic (exact) mass is 305 g/mol. The van der Waals surface area contributed by atoms with Crippen molar-refractivity contribution in [2.24, 2.45) is 0 Å². The Balaban J connectivity index is 2.82. The van der Waals surface area contributed by atoms with Crippen LogP contribution in [0.4, 0.5) is 13.2 Å². The van der Waals surface area contributed by atoms with Crippen LogP contribution in [-0.2, 0) is 0 Å². The summed E-state index contributed by atoms with van der Waals surface area (Å²) in [4.78, 5) is 1.26. The first-order valence-corrected chi connectivity index (χ1v) is 6.91. The van der Waals surface area contributed by atoms with Gasteiger partial charge in [-0.2, -0.15) is 13.2 Å². The Bertz CT molecular complexity index is 420. The third-order valence-corrected chi connectivity index (χ3v) is 3.38. The molecule has 0 aliphatic rings. The largest absolute Gasteiger partial charge is 0.497 e. The van der Waals surface area contributed by atoms with Gasteiger partial charge < -0.3 is 9.84 Å². The van der Waals surface area contributed by atoms with Gasteiger partial charge in [-0.3, -0.25) is 4.90 Å². The van der Waals surface area contributed by atoms with E-state index in [9.17, 15) is 18.3 Å². The van der Waals surface area contributed by atoms with Crippen molar-refractivity contribution in [1.29, 1.82) is 0 Å². The molecule has 0 heterocycles. The van der Waals surface area contributed by atoms with E-state index in [-0.39, 0.29) is 6.54 Å². The van der Waals surface area contributed by atoms with Crippen LogP contribution < -0.4 is 4.74 Å². The molecule has 0 aliphatic heterocycles. The van der Waals surface area contributed by atoms with Crippen LogP contribution in [0, 0.1) is 0 Å². The predicted molar refractivity (Wildman–Crippen MR) is 75.3 cm³/mol. The summed E-state index contributed by atoms with van der Waals surface area (Å²) in [6.45, 7) is 2.69. The standard InChI is InChI=1S/C15H22F3NO2/c1-4-9-19(10-15(16,17)18)11(2)14(20)12-5-7-13(21-3)8-6-12/h5-8,11,14,20H,4,9-10H2,1-3H3. The van der Waals surface area contributed by atoms with Crippen LogP contribution in [0.2, 0.25) is 0 Å². The van der Waals surface area contributed by atoms with Gasteiger partial charge in [-0.15, -0.1) is 0 Å². The van der Waals surface area contributed by atoms with Gasteiger partial charge in [0.25, 0.3) is 0 Å². The molecule has 1 aromatic rings. The number of rotatable bonds is 7. The Hall–Kier alpha value is -1.27. The van der Waals surface area contributed by atoms with Crippen LogP contribution in [0.15, 0.2) is 24.3 Å². The lowest BCUT2D eigenvalue weighted by molar-refractivity contribution is -0.154. The third kappa shape index (κ3) is 5.55. The molecule has 0 bridgehead atoms. The van der Waals surface area contributed by atoms with Crippen molar-refractivity contribution in [2.45, 2.75) is 38.6 Å². The third-order valence-electron chi connectivity index (χ3n) is 3.38.